The molecule has 0 N–H and O–H groups in total. The summed E-state index contributed by atoms with van der Waals surface area (Å²) in [6.07, 6.45) is -0.731. The van der Waals surface area contributed by atoms with Crippen molar-refractivity contribution in [3.63, 3.8) is 0 Å². The Hall–Kier alpha value is -3.55. The van der Waals surface area contributed by atoms with E-state index < -0.39 is 17.7 Å². The Morgan fingerprint density at radius 1 is 1.00 bits per heavy atom. The molecule has 1 heterocycles. The first-order chi connectivity index (χ1) is 15.8. The van der Waals surface area contributed by atoms with Crippen LogP contribution in [0.2, 0.25) is 0 Å². The summed E-state index contributed by atoms with van der Waals surface area (Å²) in [4.78, 5) is 15.7. The number of nitrogens with zero attached hydrogens (tertiary/aromatic N) is 1. The van der Waals surface area contributed by atoms with Gasteiger partial charge in [0.05, 0.1) is 24.8 Å². The van der Waals surface area contributed by atoms with Crippen molar-refractivity contribution in [3.05, 3.63) is 77.5 Å². The van der Waals surface area contributed by atoms with Gasteiger partial charge in [0, 0.05) is 17.8 Å². The van der Waals surface area contributed by atoms with E-state index in [0.717, 1.165) is 25.0 Å². The molecule has 0 radical (unpaired) electrons. The number of hydrogen-bond acceptors (Lipinski definition) is 5. The maximum atomic E-state index is 13.5. The molecule has 5 nitrogen and oxygen atoms in total. The molecular weight excluding hydrogens is 435 g/mol. The van der Waals surface area contributed by atoms with Crippen LogP contribution in [0.1, 0.15) is 34.3 Å². The van der Waals surface area contributed by atoms with E-state index in [1.165, 1.54) is 13.3 Å². The molecule has 4 rings (SSSR count). The zero-order chi connectivity index (χ0) is 23.4. The van der Waals surface area contributed by atoms with Gasteiger partial charge in [-0.3, -0.25) is 0 Å². The van der Waals surface area contributed by atoms with Gasteiger partial charge in [-0.1, -0.05) is 12.1 Å². The van der Waals surface area contributed by atoms with E-state index in [-0.39, 0.29) is 12.4 Å². The van der Waals surface area contributed by atoms with Crippen LogP contribution in [0.3, 0.4) is 0 Å². The topological polar surface area (TPSA) is 57.7 Å². The summed E-state index contributed by atoms with van der Waals surface area (Å²) in [6.45, 7) is 0.642. The van der Waals surface area contributed by atoms with Gasteiger partial charge in [-0.05, 0) is 66.3 Å². The van der Waals surface area contributed by atoms with Crippen molar-refractivity contribution in [3.8, 4) is 22.8 Å². The van der Waals surface area contributed by atoms with Gasteiger partial charge >= 0.3 is 12.1 Å². The van der Waals surface area contributed by atoms with Crippen molar-refractivity contribution in [2.45, 2.75) is 25.6 Å². The molecule has 1 aliphatic rings. The van der Waals surface area contributed by atoms with Gasteiger partial charge in [0.1, 0.15) is 12.4 Å². The third kappa shape index (κ3) is 6.03. The molecule has 33 heavy (non-hydrogen) atoms. The molecule has 0 spiro atoms. The van der Waals surface area contributed by atoms with Gasteiger partial charge in [-0.15, -0.1) is 0 Å². The average molecular weight is 457 g/mol. The van der Waals surface area contributed by atoms with Crippen LogP contribution >= 0.6 is 0 Å². The zero-order valence-corrected chi connectivity index (χ0v) is 17.9. The predicted molar refractivity (Wildman–Crippen MR) is 115 cm³/mol. The number of pyridine rings is 1. The second-order valence-electron chi connectivity index (χ2n) is 7.86. The Kier molecular flexibility index (Phi) is 6.53. The van der Waals surface area contributed by atoms with Gasteiger partial charge in [-0.25, -0.2) is 9.78 Å². The molecule has 172 valence electrons. The summed E-state index contributed by atoms with van der Waals surface area (Å²) >= 11 is 0. The Balaban J connectivity index is 1.51. The monoisotopic (exact) mass is 457 g/mol. The minimum Gasteiger partial charge on any atom is -0.489 e. The van der Waals surface area contributed by atoms with Crippen LogP contribution in [0.25, 0.3) is 11.1 Å². The molecule has 1 fully saturated rings. The van der Waals surface area contributed by atoms with Crippen molar-refractivity contribution in [1.82, 2.24) is 4.98 Å². The lowest BCUT2D eigenvalue weighted by molar-refractivity contribution is -0.137. The number of halogens is 3. The number of hydrogen-bond donors (Lipinski definition) is 0. The average Bonchev–Trinajstić information content (AvgIpc) is 3.65. The summed E-state index contributed by atoms with van der Waals surface area (Å²) in [7, 11) is 1.29. The van der Waals surface area contributed by atoms with Crippen molar-refractivity contribution in [2.24, 2.45) is 5.92 Å². The van der Waals surface area contributed by atoms with Gasteiger partial charge in [0.2, 0.25) is 5.88 Å². The maximum absolute atomic E-state index is 13.5. The molecule has 0 aliphatic heterocycles. The van der Waals surface area contributed by atoms with E-state index in [0.29, 0.717) is 40.7 Å². The first-order valence-corrected chi connectivity index (χ1v) is 10.4. The highest BCUT2D eigenvalue weighted by molar-refractivity contribution is 5.89. The van der Waals surface area contributed by atoms with Crippen LogP contribution in [0.4, 0.5) is 13.2 Å². The third-order valence-corrected chi connectivity index (χ3v) is 5.25. The molecule has 0 amide bonds. The van der Waals surface area contributed by atoms with E-state index in [4.69, 9.17) is 9.47 Å². The van der Waals surface area contributed by atoms with Crippen molar-refractivity contribution >= 4 is 5.97 Å². The van der Waals surface area contributed by atoms with Crippen LogP contribution < -0.4 is 9.47 Å². The maximum Gasteiger partial charge on any atom is 0.416 e. The highest BCUT2D eigenvalue weighted by Gasteiger charge is 2.31. The minimum atomic E-state index is -4.53. The summed E-state index contributed by atoms with van der Waals surface area (Å²) in [5.41, 5.74) is 1.11. The molecule has 1 aliphatic carbocycles. The molecule has 1 saturated carbocycles. The van der Waals surface area contributed by atoms with Crippen LogP contribution in [0, 0.1) is 5.92 Å². The fourth-order valence-corrected chi connectivity index (χ4v) is 3.16. The Morgan fingerprint density at radius 2 is 1.76 bits per heavy atom. The summed E-state index contributed by atoms with van der Waals surface area (Å²) in [6, 6.07) is 13.4. The molecule has 1 aromatic heterocycles. The standard InChI is InChI=1S/C25H22F3NO4/c1-31-24(30)18-6-4-17(5-7-18)14-32-22-11-20(10-21(12-22)25(26,27)28)19-8-9-23(29-13-19)33-15-16-2-3-16/h4-13,16H,2-3,14-15H2,1H3. The number of rotatable bonds is 8. The van der Waals surface area contributed by atoms with E-state index in [2.05, 4.69) is 9.72 Å². The number of benzene rings is 2. The SMILES string of the molecule is COC(=O)c1ccc(COc2cc(-c3ccc(OCC4CC4)nc3)cc(C(F)(F)F)c2)cc1. The molecule has 2 aromatic carbocycles. The summed E-state index contributed by atoms with van der Waals surface area (Å²) in [5, 5.41) is 0. The van der Waals surface area contributed by atoms with Gasteiger partial charge in [0.25, 0.3) is 0 Å². The van der Waals surface area contributed by atoms with E-state index in [9.17, 15) is 18.0 Å². The van der Waals surface area contributed by atoms with Crippen LogP contribution in [-0.2, 0) is 17.5 Å². The normalized spacial score (nSPS) is 13.5. The molecule has 8 heteroatoms. The first-order valence-electron chi connectivity index (χ1n) is 10.4. The van der Waals surface area contributed by atoms with Gasteiger partial charge in [-0.2, -0.15) is 13.2 Å². The largest absolute Gasteiger partial charge is 0.489 e. The van der Waals surface area contributed by atoms with E-state index >= 15 is 0 Å². The quantitative estimate of drug-likeness (QED) is 0.393. The van der Waals surface area contributed by atoms with Gasteiger partial charge < -0.3 is 14.2 Å². The highest BCUT2D eigenvalue weighted by Crippen LogP contribution is 2.36. The minimum absolute atomic E-state index is 0.0361. The number of carbonyl (C=O) groups is 1. The molecule has 0 bridgehead atoms. The molecule has 0 unspecified atom stereocenters. The number of esters is 1. The molecule has 0 atom stereocenters. The summed E-state index contributed by atoms with van der Waals surface area (Å²) < 4.78 is 56.4. The fraction of sp³-hybridized carbons (Fsp3) is 0.280. The lowest BCUT2D eigenvalue weighted by Crippen LogP contribution is -2.06. The third-order valence-electron chi connectivity index (χ3n) is 5.25. The molecule has 0 saturated heterocycles. The second-order valence-corrected chi connectivity index (χ2v) is 7.86. The smallest absolute Gasteiger partial charge is 0.416 e. The Morgan fingerprint density at radius 3 is 2.36 bits per heavy atom. The summed E-state index contributed by atoms with van der Waals surface area (Å²) in [5.74, 6) is 0.629. The number of methoxy groups -OCH3 is 1. The number of alkyl halides is 3. The number of aromatic nitrogens is 1. The van der Waals surface area contributed by atoms with Gasteiger partial charge in [0.15, 0.2) is 0 Å². The van der Waals surface area contributed by atoms with Crippen LogP contribution in [0.5, 0.6) is 11.6 Å². The second kappa shape index (κ2) is 9.52. The lowest BCUT2D eigenvalue weighted by Gasteiger charge is -2.14. The van der Waals surface area contributed by atoms with Crippen LogP contribution in [-0.4, -0.2) is 24.7 Å². The molecular formula is C25H22F3NO4. The lowest BCUT2D eigenvalue weighted by atomic mass is 10.0. The highest BCUT2D eigenvalue weighted by atomic mass is 19.4. The van der Waals surface area contributed by atoms with E-state index in [1.807, 2.05) is 0 Å². The number of ether oxygens (including phenoxy) is 3. The van der Waals surface area contributed by atoms with Crippen LogP contribution in [0.15, 0.2) is 60.8 Å². The zero-order valence-electron chi connectivity index (χ0n) is 17.9. The van der Waals surface area contributed by atoms with Crippen molar-refractivity contribution in [1.29, 1.82) is 0 Å². The predicted octanol–water partition coefficient (Wildman–Crippen LogP) is 5.92. The fourth-order valence-electron chi connectivity index (χ4n) is 3.16. The van der Waals surface area contributed by atoms with Crippen molar-refractivity contribution in [2.75, 3.05) is 13.7 Å². The van der Waals surface area contributed by atoms with E-state index in [1.54, 1.807) is 42.5 Å². The number of carbonyl (C=O) groups excluding carboxylic acids is 1. The van der Waals surface area contributed by atoms with Crippen molar-refractivity contribution < 1.29 is 32.2 Å². The Labute approximate surface area is 189 Å². The first kappa shape index (κ1) is 22.6. The Bertz CT molecular complexity index is 1110. The molecule has 3 aromatic rings.